The zero-order chi connectivity index (χ0) is 10.4. The largest absolute Gasteiger partial charge is 0.325 e. The Kier molecular flexibility index (Phi) is 3.95. The van der Waals surface area contributed by atoms with E-state index < -0.39 is 0 Å². The number of anilines is 1. The summed E-state index contributed by atoms with van der Waals surface area (Å²) >= 11 is 3.28. The summed E-state index contributed by atoms with van der Waals surface area (Å²) in [6.07, 6.45) is 0. The summed E-state index contributed by atoms with van der Waals surface area (Å²) in [7, 11) is 0. The minimum atomic E-state index is -0.385. The predicted molar refractivity (Wildman–Crippen MR) is 56.8 cm³/mol. The minimum Gasteiger partial charge on any atom is -0.325 e. The molecule has 72 valence electrons. The van der Waals surface area contributed by atoms with E-state index in [4.69, 9.17) is 5.26 Å². The molecule has 0 radical (unpaired) electrons. The molecule has 5 heteroatoms. The van der Waals surface area contributed by atoms with Crippen LogP contribution in [0.3, 0.4) is 0 Å². The first-order valence-corrected chi connectivity index (χ1v) is 4.69. The van der Waals surface area contributed by atoms with Crippen molar-refractivity contribution < 1.29 is 4.79 Å². The van der Waals surface area contributed by atoms with Crippen LogP contribution in [0, 0.1) is 11.3 Å². The topological polar surface area (TPSA) is 64.9 Å². The summed E-state index contributed by atoms with van der Waals surface area (Å²) < 4.78 is 0.885. The first-order chi connectivity index (χ1) is 6.72. The molecule has 0 atom stereocenters. The number of carbonyl (C=O) groups excluding carboxylic acids is 1. The average molecular weight is 254 g/mol. The van der Waals surface area contributed by atoms with Crippen molar-refractivity contribution in [2.24, 2.45) is 0 Å². The molecule has 0 aliphatic heterocycles. The van der Waals surface area contributed by atoms with E-state index in [0.717, 1.165) is 4.47 Å². The van der Waals surface area contributed by atoms with E-state index in [1.807, 2.05) is 18.2 Å². The molecule has 0 aromatic heterocycles. The summed E-state index contributed by atoms with van der Waals surface area (Å²) in [5.74, 6) is 0. The molecule has 14 heavy (non-hydrogen) atoms. The molecule has 1 rings (SSSR count). The Balaban J connectivity index is 2.53. The highest BCUT2D eigenvalue weighted by Crippen LogP contribution is 2.15. The highest BCUT2D eigenvalue weighted by atomic mass is 79.9. The van der Waals surface area contributed by atoms with Gasteiger partial charge in [-0.3, -0.25) is 0 Å². The quantitative estimate of drug-likeness (QED) is 0.793. The molecule has 2 amide bonds. The van der Waals surface area contributed by atoms with Crippen molar-refractivity contribution in [2.75, 3.05) is 11.9 Å². The molecule has 0 fully saturated rings. The second kappa shape index (κ2) is 5.25. The maximum absolute atomic E-state index is 11.1. The molecule has 2 N–H and O–H groups in total. The van der Waals surface area contributed by atoms with Gasteiger partial charge in [-0.15, -0.1) is 0 Å². The van der Waals surface area contributed by atoms with Crippen LogP contribution >= 0.6 is 15.9 Å². The van der Waals surface area contributed by atoms with Gasteiger partial charge < -0.3 is 10.6 Å². The number of halogens is 1. The number of benzene rings is 1. The van der Waals surface area contributed by atoms with Crippen LogP contribution in [0.25, 0.3) is 0 Å². The normalized spacial score (nSPS) is 8.86. The van der Waals surface area contributed by atoms with Gasteiger partial charge in [-0.25, -0.2) is 4.79 Å². The van der Waals surface area contributed by atoms with Gasteiger partial charge in [0.25, 0.3) is 0 Å². The van der Waals surface area contributed by atoms with Crippen molar-refractivity contribution in [1.82, 2.24) is 5.32 Å². The van der Waals surface area contributed by atoms with E-state index in [1.54, 1.807) is 12.1 Å². The molecule has 1 aromatic carbocycles. The average Bonchev–Trinajstić information content (AvgIpc) is 2.15. The molecular formula is C9H8BrN3O. The third-order valence-corrected chi connectivity index (χ3v) is 1.90. The Labute approximate surface area is 90.0 Å². The van der Waals surface area contributed by atoms with Gasteiger partial charge in [-0.05, 0) is 18.2 Å². The summed E-state index contributed by atoms with van der Waals surface area (Å²) in [6, 6.07) is 8.63. The SMILES string of the molecule is N#CCNC(=O)Nc1cccc(Br)c1. The van der Waals surface area contributed by atoms with E-state index in [-0.39, 0.29) is 12.6 Å². The van der Waals surface area contributed by atoms with Crippen molar-refractivity contribution in [3.8, 4) is 6.07 Å². The fourth-order valence-electron chi connectivity index (χ4n) is 0.861. The summed E-state index contributed by atoms with van der Waals surface area (Å²) in [5, 5.41) is 13.2. The van der Waals surface area contributed by atoms with Gasteiger partial charge in [0.15, 0.2) is 0 Å². The number of hydrogen-bond acceptors (Lipinski definition) is 2. The van der Waals surface area contributed by atoms with Gasteiger partial charge in [0.2, 0.25) is 0 Å². The smallest absolute Gasteiger partial charge is 0.320 e. The van der Waals surface area contributed by atoms with Crippen molar-refractivity contribution in [2.45, 2.75) is 0 Å². The number of rotatable bonds is 2. The van der Waals surface area contributed by atoms with Gasteiger partial charge in [0.1, 0.15) is 6.54 Å². The lowest BCUT2D eigenvalue weighted by atomic mass is 10.3. The van der Waals surface area contributed by atoms with Crippen LogP contribution in [0.1, 0.15) is 0 Å². The highest BCUT2D eigenvalue weighted by Gasteiger charge is 1.99. The molecule has 1 aromatic rings. The second-order valence-electron chi connectivity index (χ2n) is 2.48. The Bertz CT molecular complexity index is 373. The fraction of sp³-hybridized carbons (Fsp3) is 0.111. The number of nitrogens with zero attached hydrogens (tertiary/aromatic N) is 1. The van der Waals surface area contributed by atoms with E-state index in [1.165, 1.54) is 0 Å². The van der Waals surface area contributed by atoms with Gasteiger partial charge >= 0.3 is 6.03 Å². The zero-order valence-electron chi connectivity index (χ0n) is 7.25. The van der Waals surface area contributed by atoms with E-state index in [0.29, 0.717) is 5.69 Å². The highest BCUT2D eigenvalue weighted by molar-refractivity contribution is 9.10. The van der Waals surface area contributed by atoms with Crippen LogP contribution in [0.5, 0.6) is 0 Å². The molecule has 0 aliphatic carbocycles. The number of carbonyl (C=O) groups is 1. The Morgan fingerprint density at radius 2 is 2.36 bits per heavy atom. The molecule has 0 saturated carbocycles. The van der Waals surface area contributed by atoms with Gasteiger partial charge in [0.05, 0.1) is 6.07 Å². The lowest BCUT2D eigenvalue weighted by Gasteiger charge is -2.04. The third kappa shape index (κ3) is 3.46. The Morgan fingerprint density at radius 3 is 3.00 bits per heavy atom. The van der Waals surface area contributed by atoms with Crippen molar-refractivity contribution in [3.63, 3.8) is 0 Å². The number of hydrogen-bond donors (Lipinski definition) is 2. The number of nitrogens with one attached hydrogen (secondary N) is 2. The first kappa shape index (κ1) is 10.5. The van der Waals surface area contributed by atoms with E-state index in [2.05, 4.69) is 26.6 Å². The van der Waals surface area contributed by atoms with Crippen LogP contribution in [-0.2, 0) is 0 Å². The number of amides is 2. The van der Waals surface area contributed by atoms with E-state index >= 15 is 0 Å². The summed E-state index contributed by atoms with van der Waals surface area (Å²) in [6.45, 7) is -0.000162. The van der Waals surface area contributed by atoms with E-state index in [9.17, 15) is 4.79 Å². The van der Waals surface area contributed by atoms with Crippen molar-refractivity contribution >= 4 is 27.6 Å². The minimum absolute atomic E-state index is 0.000162. The number of nitriles is 1. The molecular weight excluding hydrogens is 246 g/mol. The zero-order valence-corrected chi connectivity index (χ0v) is 8.84. The van der Waals surface area contributed by atoms with Gasteiger partial charge in [-0.1, -0.05) is 22.0 Å². The molecule has 0 heterocycles. The Morgan fingerprint density at radius 1 is 1.57 bits per heavy atom. The Hall–Kier alpha value is -1.54. The maximum atomic E-state index is 11.1. The van der Waals surface area contributed by atoms with Crippen molar-refractivity contribution in [3.05, 3.63) is 28.7 Å². The van der Waals surface area contributed by atoms with Crippen LogP contribution in [0.2, 0.25) is 0 Å². The molecule has 0 unspecified atom stereocenters. The molecule has 0 aliphatic rings. The first-order valence-electron chi connectivity index (χ1n) is 3.90. The molecule has 0 saturated heterocycles. The maximum Gasteiger partial charge on any atom is 0.320 e. The third-order valence-electron chi connectivity index (χ3n) is 1.41. The molecule has 0 bridgehead atoms. The summed E-state index contributed by atoms with van der Waals surface area (Å²) in [5.41, 5.74) is 0.676. The van der Waals surface area contributed by atoms with Crippen LogP contribution in [0.4, 0.5) is 10.5 Å². The van der Waals surface area contributed by atoms with Crippen LogP contribution < -0.4 is 10.6 Å². The van der Waals surface area contributed by atoms with Crippen LogP contribution in [0.15, 0.2) is 28.7 Å². The molecule has 0 spiro atoms. The van der Waals surface area contributed by atoms with Crippen LogP contribution in [-0.4, -0.2) is 12.6 Å². The predicted octanol–water partition coefficient (Wildman–Crippen LogP) is 2.09. The summed E-state index contributed by atoms with van der Waals surface area (Å²) in [4.78, 5) is 11.1. The van der Waals surface area contributed by atoms with Gasteiger partial charge in [-0.2, -0.15) is 5.26 Å². The lowest BCUT2D eigenvalue weighted by Crippen LogP contribution is -2.28. The standard InChI is InChI=1S/C9H8BrN3O/c10-7-2-1-3-8(6-7)13-9(14)12-5-4-11/h1-3,6H,5H2,(H2,12,13,14). The monoisotopic (exact) mass is 253 g/mol. The fourth-order valence-corrected chi connectivity index (χ4v) is 1.26. The second-order valence-corrected chi connectivity index (χ2v) is 3.39. The van der Waals surface area contributed by atoms with Crippen molar-refractivity contribution in [1.29, 1.82) is 5.26 Å². The number of urea groups is 1. The lowest BCUT2D eigenvalue weighted by molar-refractivity contribution is 0.253. The molecule has 4 nitrogen and oxygen atoms in total. The van der Waals surface area contributed by atoms with Gasteiger partial charge in [0, 0.05) is 10.2 Å².